The van der Waals surface area contributed by atoms with Crippen LogP contribution in [0.5, 0.6) is 0 Å². The van der Waals surface area contributed by atoms with E-state index in [-0.39, 0.29) is 42.3 Å². The minimum atomic E-state index is -1.52. The molecular formula is C30H37FO4. The zero-order valence-electron chi connectivity index (χ0n) is 20.8. The highest BCUT2D eigenvalue weighted by atomic mass is 19.1. The van der Waals surface area contributed by atoms with Crippen molar-refractivity contribution in [1.29, 1.82) is 0 Å². The van der Waals surface area contributed by atoms with E-state index < -0.39 is 16.8 Å². The Hall–Kier alpha value is -2.11. The maximum Gasteiger partial charge on any atom is 0.159 e. The monoisotopic (exact) mass is 480 g/mol. The van der Waals surface area contributed by atoms with Crippen molar-refractivity contribution in [1.82, 2.24) is 0 Å². The van der Waals surface area contributed by atoms with E-state index in [2.05, 4.69) is 6.92 Å². The summed E-state index contributed by atoms with van der Waals surface area (Å²) in [6.07, 6.45) is 8.67. The molecule has 0 heterocycles. The Bertz CT molecular complexity index is 1070. The average Bonchev–Trinajstić information content (AvgIpc) is 2.84. The molecular weight excluding hydrogens is 443 g/mol. The fourth-order valence-electron chi connectivity index (χ4n) is 8.26. The Balaban J connectivity index is 1.49. The van der Waals surface area contributed by atoms with E-state index in [4.69, 9.17) is 0 Å². The van der Waals surface area contributed by atoms with Crippen LogP contribution in [0.4, 0.5) is 4.39 Å². The third-order valence-electron chi connectivity index (χ3n) is 10.1. The Labute approximate surface area is 207 Å². The first-order valence-electron chi connectivity index (χ1n) is 13.2. The van der Waals surface area contributed by atoms with Crippen molar-refractivity contribution in [3.8, 4) is 0 Å². The summed E-state index contributed by atoms with van der Waals surface area (Å²) in [5.41, 5.74) is 0.957. The van der Waals surface area contributed by atoms with Gasteiger partial charge in [0.25, 0.3) is 0 Å². The molecule has 1 unspecified atom stereocenters. The number of fused-ring (bicyclic) bond motifs is 5. The maximum atomic E-state index is 15.1. The van der Waals surface area contributed by atoms with Crippen molar-refractivity contribution >= 4 is 11.6 Å². The first kappa shape index (κ1) is 24.6. The van der Waals surface area contributed by atoms with E-state index in [1.807, 2.05) is 30.3 Å². The van der Waals surface area contributed by atoms with Gasteiger partial charge in [-0.15, -0.1) is 0 Å². The lowest BCUT2D eigenvalue weighted by molar-refractivity contribution is -0.160. The standard InChI is InChI=1S/C30H37FO4/c1-18(33)19-4-6-20(7-5-19)25-17-22(34)16-21-8-9-23-24(28(21)25)12-14-29(2)26(23)10-11-27(31)30(29,35)13-3-15-32/h4-7,11,16,23-26,28,32,35H,3,8-10,12-15,17H2,1-2H3/t23-,24+,25+,26+,28+,29+,30?/m1/s1. The van der Waals surface area contributed by atoms with Crippen LogP contribution in [0.2, 0.25) is 0 Å². The molecule has 5 heteroatoms. The highest BCUT2D eigenvalue weighted by molar-refractivity contribution is 5.94. The van der Waals surface area contributed by atoms with Gasteiger partial charge in [0.2, 0.25) is 0 Å². The predicted octanol–water partition coefficient (Wildman–Crippen LogP) is 5.69. The van der Waals surface area contributed by atoms with E-state index in [1.54, 1.807) is 13.0 Å². The summed E-state index contributed by atoms with van der Waals surface area (Å²) in [5, 5.41) is 21.0. The summed E-state index contributed by atoms with van der Waals surface area (Å²) in [4.78, 5) is 24.5. The van der Waals surface area contributed by atoms with E-state index in [0.29, 0.717) is 36.7 Å². The van der Waals surface area contributed by atoms with Crippen molar-refractivity contribution < 1.29 is 24.2 Å². The van der Waals surface area contributed by atoms with Gasteiger partial charge in [0.05, 0.1) is 0 Å². The normalized spacial score (nSPS) is 38.5. The molecule has 1 aromatic carbocycles. The topological polar surface area (TPSA) is 74.6 Å². The SMILES string of the molecule is CC(=O)c1ccc([C@@H]2CC(=O)C=C3CC[C@@H]4[C@H](CC[C@@]5(C)[C@H]4CC=C(F)C5(O)CCCO)[C@H]32)cc1. The second-order valence-electron chi connectivity index (χ2n) is 11.6. The molecule has 4 aliphatic carbocycles. The number of hydrogen-bond acceptors (Lipinski definition) is 4. The smallest absolute Gasteiger partial charge is 0.159 e. The van der Waals surface area contributed by atoms with Gasteiger partial charge in [-0.2, -0.15) is 0 Å². The van der Waals surface area contributed by atoms with Crippen molar-refractivity contribution in [2.24, 2.45) is 29.1 Å². The van der Waals surface area contributed by atoms with E-state index in [1.165, 1.54) is 5.57 Å². The molecule has 0 amide bonds. The lowest BCUT2D eigenvalue weighted by Gasteiger charge is -2.61. The fourth-order valence-corrected chi connectivity index (χ4v) is 8.26. The Kier molecular flexibility index (Phi) is 6.38. The number of hydrogen-bond donors (Lipinski definition) is 2. The van der Waals surface area contributed by atoms with Gasteiger partial charge in [-0.3, -0.25) is 9.59 Å². The van der Waals surface area contributed by atoms with Crippen LogP contribution in [0.15, 0.2) is 47.8 Å². The van der Waals surface area contributed by atoms with Gasteiger partial charge < -0.3 is 10.2 Å². The predicted molar refractivity (Wildman–Crippen MR) is 133 cm³/mol. The lowest BCUT2D eigenvalue weighted by Crippen LogP contribution is -2.59. The van der Waals surface area contributed by atoms with Crippen LogP contribution in [0.25, 0.3) is 0 Å². The largest absolute Gasteiger partial charge is 0.396 e. The van der Waals surface area contributed by atoms with E-state index >= 15 is 4.39 Å². The van der Waals surface area contributed by atoms with Crippen LogP contribution < -0.4 is 0 Å². The molecule has 35 heavy (non-hydrogen) atoms. The molecule has 2 saturated carbocycles. The quantitative estimate of drug-likeness (QED) is 0.531. The summed E-state index contributed by atoms with van der Waals surface area (Å²) < 4.78 is 15.1. The molecule has 0 radical (unpaired) electrons. The number of carbonyl (C=O) groups excluding carboxylic acids is 2. The summed E-state index contributed by atoms with van der Waals surface area (Å²) >= 11 is 0. The highest BCUT2D eigenvalue weighted by Gasteiger charge is 2.62. The van der Waals surface area contributed by atoms with Gasteiger partial charge in [0.15, 0.2) is 11.6 Å². The summed E-state index contributed by atoms with van der Waals surface area (Å²) in [6.45, 7) is 3.57. The van der Waals surface area contributed by atoms with Crippen molar-refractivity contribution in [3.05, 3.63) is 58.9 Å². The number of ketones is 2. The van der Waals surface area contributed by atoms with Gasteiger partial charge in [-0.25, -0.2) is 4.39 Å². The van der Waals surface area contributed by atoms with Crippen LogP contribution in [0.1, 0.15) is 87.1 Å². The molecule has 0 aromatic heterocycles. The first-order chi connectivity index (χ1) is 16.7. The molecule has 1 aromatic rings. The average molecular weight is 481 g/mol. The molecule has 188 valence electrons. The Morgan fingerprint density at radius 2 is 1.91 bits per heavy atom. The van der Waals surface area contributed by atoms with Crippen molar-refractivity contribution in [3.63, 3.8) is 0 Å². The molecule has 0 saturated heterocycles. The molecule has 0 bridgehead atoms. The van der Waals surface area contributed by atoms with Crippen LogP contribution in [0, 0.1) is 29.1 Å². The number of carbonyl (C=O) groups is 2. The van der Waals surface area contributed by atoms with Crippen LogP contribution >= 0.6 is 0 Å². The van der Waals surface area contributed by atoms with Gasteiger partial charge in [0, 0.05) is 24.0 Å². The summed E-state index contributed by atoms with van der Waals surface area (Å²) in [6, 6.07) is 7.77. The fraction of sp³-hybridized carbons (Fsp3) is 0.600. The number of benzene rings is 1. The van der Waals surface area contributed by atoms with Gasteiger partial charge in [0.1, 0.15) is 11.4 Å². The number of allylic oxidation sites excluding steroid dienone is 3. The van der Waals surface area contributed by atoms with Crippen LogP contribution in [0.3, 0.4) is 0 Å². The number of aliphatic hydroxyl groups is 2. The molecule has 0 spiro atoms. The second kappa shape index (κ2) is 9.08. The highest BCUT2D eigenvalue weighted by Crippen LogP contribution is 2.65. The summed E-state index contributed by atoms with van der Waals surface area (Å²) in [5.74, 6) is 1.05. The molecule has 5 rings (SSSR count). The third-order valence-corrected chi connectivity index (χ3v) is 10.1. The molecule has 2 fully saturated rings. The summed E-state index contributed by atoms with van der Waals surface area (Å²) in [7, 11) is 0. The van der Waals surface area contributed by atoms with Gasteiger partial charge in [-0.05, 0) is 99.2 Å². The first-order valence-corrected chi connectivity index (χ1v) is 13.2. The number of rotatable bonds is 5. The zero-order chi connectivity index (χ0) is 25.0. The second-order valence-corrected chi connectivity index (χ2v) is 11.6. The maximum absolute atomic E-state index is 15.1. The third kappa shape index (κ3) is 3.86. The number of Topliss-reactive ketones (excluding diaryl/α,β-unsaturated/α-hetero) is 1. The van der Waals surface area contributed by atoms with E-state index in [9.17, 15) is 19.8 Å². The van der Waals surface area contributed by atoms with Crippen molar-refractivity contribution in [2.75, 3.05) is 6.61 Å². The Morgan fingerprint density at radius 3 is 2.60 bits per heavy atom. The molecule has 2 N–H and O–H groups in total. The molecule has 4 nitrogen and oxygen atoms in total. The molecule has 0 aliphatic heterocycles. The van der Waals surface area contributed by atoms with Crippen molar-refractivity contribution in [2.45, 2.75) is 76.7 Å². The van der Waals surface area contributed by atoms with Gasteiger partial charge in [-0.1, -0.05) is 36.8 Å². The van der Waals surface area contributed by atoms with E-state index in [0.717, 1.165) is 31.2 Å². The zero-order valence-corrected chi connectivity index (χ0v) is 20.8. The number of halogens is 1. The van der Waals surface area contributed by atoms with Crippen LogP contribution in [-0.2, 0) is 4.79 Å². The Morgan fingerprint density at radius 1 is 1.17 bits per heavy atom. The minimum Gasteiger partial charge on any atom is -0.396 e. The molecule has 7 atom stereocenters. The van der Waals surface area contributed by atoms with Crippen LogP contribution in [-0.4, -0.2) is 34.0 Å². The lowest BCUT2D eigenvalue weighted by atomic mass is 9.44. The van der Waals surface area contributed by atoms with Gasteiger partial charge >= 0.3 is 0 Å². The number of aliphatic hydroxyl groups excluding tert-OH is 1. The molecule has 4 aliphatic rings. The minimum absolute atomic E-state index is 0.0347.